The van der Waals surface area contributed by atoms with Gasteiger partial charge in [0.2, 0.25) is 0 Å². The van der Waals surface area contributed by atoms with Crippen LogP contribution in [-0.4, -0.2) is 20.3 Å². The van der Waals surface area contributed by atoms with Crippen LogP contribution in [0.2, 0.25) is 0 Å². The minimum Gasteiger partial charge on any atom is -0.305 e. The molecule has 10 heteroatoms. The van der Waals surface area contributed by atoms with Gasteiger partial charge in [-0.15, -0.1) is 6.42 Å². The number of rotatable bonds is 4. The summed E-state index contributed by atoms with van der Waals surface area (Å²) in [6.45, 7) is 4.09. The molecule has 1 aromatic heterocycles. The second-order valence-corrected chi connectivity index (χ2v) is 7.26. The van der Waals surface area contributed by atoms with Gasteiger partial charge in [0.1, 0.15) is 0 Å². The highest BCUT2D eigenvalue weighted by Crippen LogP contribution is 2.24. The lowest BCUT2D eigenvalue weighted by Crippen LogP contribution is -2.16. The van der Waals surface area contributed by atoms with Gasteiger partial charge in [-0.2, -0.15) is 4.99 Å². The summed E-state index contributed by atoms with van der Waals surface area (Å²) in [5, 5.41) is 22.1. The summed E-state index contributed by atoms with van der Waals surface area (Å²) < 4.78 is 2.57. The van der Waals surface area contributed by atoms with Crippen LogP contribution < -0.4 is 4.80 Å². The molecule has 0 saturated heterocycles. The van der Waals surface area contributed by atoms with Gasteiger partial charge in [0, 0.05) is 12.1 Å². The number of non-ortho nitro benzene ring substituents is 2. The smallest absolute Gasteiger partial charge is 0.280 e. The molecule has 0 saturated carbocycles. The molecule has 29 heavy (non-hydrogen) atoms. The van der Waals surface area contributed by atoms with E-state index in [1.54, 1.807) is 4.57 Å². The average molecular weight is 410 g/mol. The van der Waals surface area contributed by atoms with Crippen molar-refractivity contribution in [1.82, 2.24) is 4.57 Å². The summed E-state index contributed by atoms with van der Waals surface area (Å²) in [4.78, 5) is 37.5. The Bertz CT molecular complexity index is 1260. The molecule has 0 atom stereocenters. The normalized spacial score (nSPS) is 11.4. The van der Waals surface area contributed by atoms with Gasteiger partial charge in [-0.05, 0) is 37.1 Å². The zero-order chi connectivity index (χ0) is 21.3. The third-order valence-corrected chi connectivity index (χ3v) is 5.36. The van der Waals surface area contributed by atoms with Crippen molar-refractivity contribution in [1.29, 1.82) is 0 Å². The van der Waals surface area contributed by atoms with Crippen LogP contribution in [0.3, 0.4) is 0 Å². The first-order chi connectivity index (χ1) is 13.7. The minimum absolute atomic E-state index is 0.170. The largest absolute Gasteiger partial charge is 0.305 e. The quantitative estimate of drug-likeness (QED) is 0.370. The predicted octanol–water partition coefficient (Wildman–Crippen LogP) is 3.51. The molecule has 1 heterocycles. The van der Waals surface area contributed by atoms with Crippen molar-refractivity contribution in [2.24, 2.45) is 4.99 Å². The third kappa shape index (κ3) is 3.90. The molecule has 9 nitrogen and oxygen atoms in total. The van der Waals surface area contributed by atoms with Gasteiger partial charge in [0.05, 0.1) is 38.2 Å². The molecule has 0 fully saturated rings. The number of nitro groups is 2. The fourth-order valence-corrected chi connectivity index (χ4v) is 3.84. The lowest BCUT2D eigenvalue weighted by Gasteiger charge is -2.03. The molecule has 0 N–H and O–H groups in total. The summed E-state index contributed by atoms with van der Waals surface area (Å²) in [6.07, 6.45) is 5.45. The maximum atomic E-state index is 12.7. The molecular formula is C19H14N4O5S. The van der Waals surface area contributed by atoms with E-state index < -0.39 is 27.1 Å². The van der Waals surface area contributed by atoms with E-state index in [1.807, 2.05) is 26.0 Å². The van der Waals surface area contributed by atoms with Crippen LogP contribution in [0.5, 0.6) is 0 Å². The van der Waals surface area contributed by atoms with E-state index in [9.17, 15) is 25.0 Å². The number of thiazole rings is 1. The van der Waals surface area contributed by atoms with Crippen molar-refractivity contribution < 1.29 is 14.6 Å². The first-order valence-corrected chi connectivity index (χ1v) is 9.10. The van der Waals surface area contributed by atoms with Gasteiger partial charge in [-0.1, -0.05) is 17.3 Å². The number of hydrogen-bond acceptors (Lipinski definition) is 6. The van der Waals surface area contributed by atoms with E-state index in [0.717, 1.165) is 39.5 Å². The molecule has 0 aliphatic carbocycles. The summed E-state index contributed by atoms with van der Waals surface area (Å²) in [5.41, 5.74) is 1.57. The molecule has 0 unspecified atom stereocenters. The molecule has 0 bridgehead atoms. The van der Waals surface area contributed by atoms with Gasteiger partial charge in [-0.25, -0.2) is 0 Å². The lowest BCUT2D eigenvalue weighted by molar-refractivity contribution is -0.394. The van der Waals surface area contributed by atoms with Crippen molar-refractivity contribution in [3.05, 3.63) is 72.1 Å². The first kappa shape index (κ1) is 19.9. The molecule has 2 aromatic carbocycles. The van der Waals surface area contributed by atoms with E-state index in [4.69, 9.17) is 6.42 Å². The Balaban J connectivity index is 2.20. The number of nitrogens with zero attached hydrogens (tertiary/aromatic N) is 4. The number of terminal acetylenes is 1. The molecule has 0 radical (unpaired) electrons. The van der Waals surface area contributed by atoms with Gasteiger partial charge < -0.3 is 4.57 Å². The number of amides is 1. The predicted molar refractivity (Wildman–Crippen MR) is 108 cm³/mol. The highest BCUT2D eigenvalue weighted by molar-refractivity contribution is 7.16. The van der Waals surface area contributed by atoms with Gasteiger partial charge >= 0.3 is 0 Å². The topological polar surface area (TPSA) is 121 Å². The van der Waals surface area contributed by atoms with Crippen LogP contribution in [0.25, 0.3) is 10.2 Å². The Kier molecular flexibility index (Phi) is 5.25. The van der Waals surface area contributed by atoms with E-state index in [1.165, 1.54) is 11.3 Å². The number of aromatic nitrogens is 1. The monoisotopic (exact) mass is 410 g/mol. The number of carbonyl (C=O) groups is 1. The number of fused-ring (bicyclic) bond motifs is 1. The van der Waals surface area contributed by atoms with Crippen LogP contribution in [0.4, 0.5) is 11.4 Å². The van der Waals surface area contributed by atoms with Crippen LogP contribution in [0, 0.1) is 46.4 Å². The Hall–Kier alpha value is -3.84. The average Bonchev–Trinajstić information content (AvgIpc) is 2.98. The van der Waals surface area contributed by atoms with E-state index >= 15 is 0 Å². The Morgan fingerprint density at radius 3 is 2.24 bits per heavy atom. The summed E-state index contributed by atoms with van der Waals surface area (Å²) in [7, 11) is 0. The second kappa shape index (κ2) is 7.65. The summed E-state index contributed by atoms with van der Waals surface area (Å²) in [5.74, 6) is 1.69. The maximum absolute atomic E-state index is 12.7. The molecule has 0 aliphatic heterocycles. The first-order valence-electron chi connectivity index (χ1n) is 8.28. The van der Waals surface area contributed by atoms with E-state index in [2.05, 4.69) is 10.9 Å². The van der Waals surface area contributed by atoms with Crippen molar-refractivity contribution >= 4 is 38.8 Å². The van der Waals surface area contributed by atoms with Crippen molar-refractivity contribution in [3.63, 3.8) is 0 Å². The molecule has 146 valence electrons. The zero-order valence-corrected chi connectivity index (χ0v) is 16.2. The van der Waals surface area contributed by atoms with Crippen molar-refractivity contribution in [2.45, 2.75) is 20.4 Å². The molecule has 3 aromatic rings. The van der Waals surface area contributed by atoms with Crippen LogP contribution >= 0.6 is 11.3 Å². The fraction of sp³-hybridized carbons (Fsp3) is 0.158. The second-order valence-electron chi connectivity index (χ2n) is 6.25. The minimum atomic E-state index is -0.831. The van der Waals surface area contributed by atoms with Crippen molar-refractivity contribution in [2.75, 3.05) is 0 Å². The summed E-state index contributed by atoms with van der Waals surface area (Å²) >= 11 is 1.24. The van der Waals surface area contributed by atoms with Gasteiger partial charge in [-0.3, -0.25) is 25.0 Å². The number of nitro benzene ring substituents is 2. The van der Waals surface area contributed by atoms with Crippen LogP contribution in [-0.2, 0) is 6.54 Å². The van der Waals surface area contributed by atoms with Gasteiger partial charge in [0.15, 0.2) is 4.80 Å². The van der Waals surface area contributed by atoms with E-state index in [-0.39, 0.29) is 12.1 Å². The van der Waals surface area contributed by atoms with E-state index in [0.29, 0.717) is 4.80 Å². The summed E-state index contributed by atoms with van der Waals surface area (Å²) in [6, 6.07) is 6.63. The standard InChI is InChI=1S/C19H14N4O5S/c1-4-5-21-16-6-11(2)12(3)7-17(16)29-19(21)20-18(24)13-8-14(22(25)26)10-15(9-13)23(27)28/h1,6-10H,5H2,2-3H3. The molecular weight excluding hydrogens is 396 g/mol. The maximum Gasteiger partial charge on any atom is 0.280 e. The number of carbonyl (C=O) groups excluding carboxylic acids is 1. The Morgan fingerprint density at radius 1 is 1.10 bits per heavy atom. The Morgan fingerprint density at radius 2 is 1.69 bits per heavy atom. The zero-order valence-electron chi connectivity index (χ0n) is 15.4. The SMILES string of the molecule is C#CCn1c(=NC(=O)c2cc([N+](=O)[O-])cc([N+](=O)[O-])c2)sc2cc(C)c(C)cc21. The number of hydrogen-bond donors (Lipinski definition) is 0. The number of aryl methyl sites for hydroxylation is 2. The van der Waals surface area contributed by atoms with Crippen LogP contribution in [0.1, 0.15) is 21.5 Å². The van der Waals surface area contributed by atoms with Gasteiger partial charge in [0.25, 0.3) is 17.3 Å². The lowest BCUT2D eigenvalue weighted by atomic mass is 10.1. The molecule has 3 rings (SSSR count). The molecule has 0 spiro atoms. The molecule has 1 amide bonds. The molecule has 0 aliphatic rings. The Labute approximate surface area is 168 Å². The number of benzene rings is 2. The fourth-order valence-electron chi connectivity index (χ4n) is 2.73. The van der Waals surface area contributed by atoms with Crippen molar-refractivity contribution in [3.8, 4) is 12.3 Å². The van der Waals surface area contributed by atoms with Crippen LogP contribution in [0.15, 0.2) is 35.3 Å². The third-order valence-electron chi connectivity index (χ3n) is 4.32. The highest BCUT2D eigenvalue weighted by Gasteiger charge is 2.20. The highest BCUT2D eigenvalue weighted by atomic mass is 32.1.